The quantitative estimate of drug-likeness (QED) is 0.705. The van der Waals surface area contributed by atoms with E-state index in [4.69, 9.17) is 4.74 Å². The van der Waals surface area contributed by atoms with E-state index in [1.165, 1.54) is 6.92 Å². The van der Waals surface area contributed by atoms with Gasteiger partial charge in [0.25, 0.3) is 0 Å². The molecule has 2 aromatic carbocycles. The van der Waals surface area contributed by atoms with E-state index in [0.29, 0.717) is 19.7 Å². The molecule has 1 N–H and O–H groups in total. The average molecular weight is 352 g/mol. The van der Waals surface area contributed by atoms with E-state index >= 15 is 0 Å². The van der Waals surface area contributed by atoms with Gasteiger partial charge in [0.2, 0.25) is 11.8 Å². The molecule has 5 nitrogen and oxygen atoms in total. The minimum atomic E-state index is -0.112. The van der Waals surface area contributed by atoms with Crippen LogP contribution in [0.4, 0.5) is 5.69 Å². The zero-order chi connectivity index (χ0) is 18.8. The first-order chi connectivity index (χ1) is 12.6. The van der Waals surface area contributed by atoms with Crippen LogP contribution in [0.15, 0.2) is 67.3 Å². The maximum Gasteiger partial charge on any atom is 0.223 e. The van der Waals surface area contributed by atoms with Gasteiger partial charge in [0, 0.05) is 32.1 Å². The van der Waals surface area contributed by atoms with Crippen LogP contribution in [-0.2, 0) is 16.2 Å². The Balaban J connectivity index is 1.93. The second-order valence-corrected chi connectivity index (χ2v) is 5.78. The highest BCUT2D eigenvalue weighted by molar-refractivity contribution is 5.92. The second-order valence-electron chi connectivity index (χ2n) is 5.78. The number of rotatable bonds is 9. The molecule has 136 valence electrons. The number of amides is 2. The topological polar surface area (TPSA) is 58.6 Å². The van der Waals surface area contributed by atoms with Gasteiger partial charge in [-0.25, -0.2) is 0 Å². The smallest absolute Gasteiger partial charge is 0.223 e. The van der Waals surface area contributed by atoms with Gasteiger partial charge in [-0.2, -0.15) is 0 Å². The highest BCUT2D eigenvalue weighted by atomic mass is 16.5. The van der Waals surface area contributed by atoms with Crippen LogP contribution in [0.5, 0.6) is 5.75 Å². The fraction of sp³-hybridized carbons (Fsp3) is 0.238. The number of ether oxygens (including phenoxy) is 1. The van der Waals surface area contributed by atoms with Crippen molar-refractivity contribution in [2.24, 2.45) is 0 Å². The number of nitrogens with zero attached hydrogens (tertiary/aromatic N) is 1. The zero-order valence-electron chi connectivity index (χ0n) is 15.0. The molecule has 0 aliphatic heterocycles. The van der Waals surface area contributed by atoms with Gasteiger partial charge in [-0.1, -0.05) is 36.4 Å². The van der Waals surface area contributed by atoms with E-state index in [9.17, 15) is 9.59 Å². The van der Waals surface area contributed by atoms with E-state index in [-0.39, 0.29) is 18.2 Å². The van der Waals surface area contributed by atoms with Crippen LogP contribution in [0.25, 0.3) is 0 Å². The van der Waals surface area contributed by atoms with Crippen LogP contribution in [-0.4, -0.2) is 24.9 Å². The predicted octanol–water partition coefficient (Wildman–Crippen LogP) is 3.31. The van der Waals surface area contributed by atoms with Crippen molar-refractivity contribution in [3.05, 3.63) is 72.8 Å². The number of carbonyl (C=O) groups is 2. The van der Waals surface area contributed by atoms with Crippen LogP contribution in [0.2, 0.25) is 0 Å². The summed E-state index contributed by atoms with van der Waals surface area (Å²) in [5, 5.41) is 2.70. The van der Waals surface area contributed by atoms with Crippen LogP contribution in [0.3, 0.4) is 0 Å². The third kappa shape index (κ3) is 6.09. The van der Waals surface area contributed by atoms with Crippen molar-refractivity contribution in [1.82, 2.24) is 5.32 Å². The lowest BCUT2D eigenvalue weighted by Crippen LogP contribution is -2.33. The minimum Gasteiger partial charge on any atom is -0.489 e. The molecule has 0 aliphatic carbocycles. The molecule has 0 bridgehead atoms. The van der Waals surface area contributed by atoms with Crippen LogP contribution in [0.1, 0.15) is 18.9 Å². The molecular formula is C21H24N2O3. The zero-order valence-corrected chi connectivity index (χ0v) is 15.0. The summed E-state index contributed by atoms with van der Waals surface area (Å²) in [6, 6.07) is 17.2. The molecule has 26 heavy (non-hydrogen) atoms. The summed E-state index contributed by atoms with van der Waals surface area (Å²) in [5.74, 6) is 0.503. The van der Waals surface area contributed by atoms with E-state index in [0.717, 1.165) is 17.0 Å². The van der Waals surface area contributed by atoms with Gasteiger partial charge in [0.05, 0.1) is 0 Å². The first kappa shape index (κ1) is 19.2. The molecule has 2 aromatic rings. The molecule has 0 atom stereocenters. The lowest BCUT2D eigenvalue weighted by Gasteiger charge is -2.21. The maximum absolute atomic E-state index is 11.9. The van der Waals surface area contributed by atoms with E-state index in [1.54, 1.807) is 11.0 Å². The summed E-state index contributed by atoms with van der Waals surface area (Å²) in [7, 11) is 0. The Kier molecular flexibility index (Phi) is 7.43. The Labute approximate surface area is 154 Å². The van der Waals surface area contributed by atoms with Gasteiger partial charge in [-0.3, -0.25) is 9.59 Å². The fourth-order valence-corrected chi connectivity index (χ4v) is 2.42. The van der Waals surface area contributed by atoms with E-state index in [1.807, 2.05) is 54.6 Å². The van der Waals surface area contributed by atoms with Gasteiger partial charge in [0.1, 0.15) is 12.4 Å². The Morgan fingerprint density at radius 1 is 1.12 bits per heavy atom. The molecule has 0 fully saturated rings. The van der Waals surface area contributed by atoms with Crippen LogP contribution in [0, 0.1) is 0 Å². The summed E-state index contributed by atoms with van der Waals surface area (Å²) in [5.41, 5.74) is 1.83. The van der Waals surface area contributed by atoms with Crippen molar-refractivity contribution in [3.8, 4) is 5.75 Å². The van der Waals surface area contributed by atoms with E-state index < -0.39 is 0 Å². The molecular weight excluding hydrogens is 328 g/mol. The molecule has 0 radical (unpaired) electrons. The third-order valence-corrected chi connectivity index (χ3v) is 3.78. The van der Waals surface area contributed by atoms with Gasteiger partial charge in [-0.05, 0) is 29.8 Å². The number of hydrogen-bond donors (Lipinski definition) is 1. The molecule has 0 spiro atoms. The monoisotopic (exact) mass is 352 g/mol. The van der Waals surface area contributed by atoms with Gasteiger partial charge in [-0.15, -0.1) is 6.58 Å². The SMILES string of the molecule is C=CCNC(=O)CCN(C(C)=O)c1ccc(OCc2ccccc2)cc1. The Bertz CT molecular complexity index is 727. The molecule has 0 heterocycles. The highest BCUT2D eigenvalue weighted by Gasteiger charge is 2.13. The summed E-state index contributed by atoms with van der Waals surface area (Å²) in [4.78, 5) is 25.2. The Hall–Kier alpha value is -3.08. The first-order valence-corrected chi connectivity index (χ1v) is 8.52. The molecule has 0 aromatic heterocycles. The Morgan fingerprint density at radius 2 is 1.81 bits per heavy atom. The normalized spacial score (nSPS) is 10.0. The van der Waals surface area contributed by atoms with Gasteiger partial charge >= 0.3 is 0 Å². The third-order valence-electron chi connectivity index (χ3n) is 3.78. The van der Waals surface area contributed by atoms with Crippen LogP contribution >= 0.6 is 0 Å². The summed E-state index contributed by atoms with van der Waals surface area (Å²) >= 11 is 0. The summed E-state index contributed by atoms with van der Waals surface area (Å²) < 4.78 is 5.75. The lowest BCUT2D eigenvalue weighted by atomic mass is 10.2. The van der Waals surface area contributed by atoms with Crippen molar-refractivity contribution in [1.29, 1.82) is 0 Å². The number of benzene rings is 2. The number of hydrogen-bond acceptors (Lipinski definition) is 3. The van der Waals surface area contributed by atoms with Crippen molar-refractivity contribution in [2.75, 3.05) is 18.0 Å². The maximum atomic E-state index is 11.9. The van der Waals surface area contributed by atoms with Crippen molar-refractivity contribution in [2.45, 2.75) is 20.0 Å². The summed E-state index contributed by atoms with van der Waals surface area (Å²) in [6.45, 7) is 6.27. The standard InChI is InChI=1S/C21H24N2O3/c1-3-14-22-21(25)13-15-23(17(2)24)19-9-11-20(12-10-19)26-16-18-7-5-4-6-8-18/h3-12H,1,13-16H2,2H3,(H,22,25). The van der Waals surface area contributed by atoms with Crippen molar-refractivity contribution < 1.29 is 14.3 Å². The van der Waals surface area contributed by atoms with Gasteiger partial charge in [0.15, 0.2) is 0 Å². The van der Waals surface area contributed by atoms with E-state index in [2.05, 4.69) is 11.9 Å². The number of nitrogens with one attached hydrogen (secondary N) is 1. The van der Waals surface area contributed by atoms with Crippen molar-refractivity contribution >= 4 is 17.5 Å². The molecule has 0 unspecified atom stereocenters. The fourth-order valence-electron chi connectivity index (χ4n) is 2.42. The first-order valence-electron chi connectivity index (χ1n) is 8.52. The number of carbonyl (C=O) groups excluding carboxylic acids is 2. The van der Waals surface area contributed by atoms with Crippen LogP contribution < -0.4 is 15.0 Å². The minimum absolute atomic E-state index is 0.112. The summed E-state index contributed by atoms with van der Waals surface area (Å²) in [6.07, 6.45) is 1.86. The highest BCUT2D eigenvalue weighted by Crippen LogP contribution is 2.21. The number of anilines is 1. The molecule has 0 saturated carbocycles. The lowest BCUT2D eigenvalue weighted by molar-refractivity contribution is -0.120. The Morgan fingerprint density at radius 3 is 2.42 bits per heavy atom. The molecule has 2 amide bonds. The second kappa shape index (κ2) is 10.0. The molecule has 2 rings (SSSR count). The molecule has 5 heteroatoms. The largest absolute Gasteiger partial charge is 0.489 e. The predicted molar refractivity (Wildman–Crippen MR) is 103 cm³/mol. The molecule has 0 aliphatic rings. The molecule has 0 saturated heterocycles. The average Bonchev–Trinajstić information content (AvgIpc) is 2.66. The van der Waals surface area contributed by atoms with Crippen molar-refractivity contribution in [3.63, 3.8) is 0 Å². The van der Waals surface area contributed by atoms with Gasteiger partial charge < -0.3 is 15.0 Å².